The molecule has 6 aliphatic rings. The predicted octanol–water partition coefficient (Wildman–Crippen LogP) is 8.74. The van der Waals surface area contributed by atoms with Crippen LogP contribution in [0.5, 0.6) is 0 Å². The van der Waals surface area contributed by atoms with Crippen LogP contribution in [0.1, 0.15) is 118 Å². The first-order chi connectivity index (χ1) is 17.0. The molecule has 0 radical (unpaired) electrons. The van der Waals surface area contributed by atoms with Crippen LogP contribution >= 0.6 is 0 Å². The lowest BCUT2D eigenvalue weighted by Gasteiger charge is -2.68. The van der Waals surface area contributed by atoms with Crippen LogP contribution in [0.3, 0.4) is 0 Å². The Bertz CT molecular complexity index is 878. The molecule has 6 aliphatic carbocycles. The van der Waals surface area contributed by atoms with Crippen LogP contribution in [0.25, 0.3) is 0 Å². The zero-order valence-electron chi connectivity index (χ0n) is 24.7. The van der Waals surface area contributed by atoms with E-state index in [1.807, 2.05) is 5.57 Å². The average Bonchev–Trinajstić information content (AvgIpc) is 2.75. The van der Waals surface area contributed by atoms with Gasteiger partial charge in [-0.3, -0.25) is 0 Å². The monoisotopic (exact) mass is 496 g/mol. The summed E-state index contributed by atoms with van der Waals surface area (Å²) in [5.41, 5.74) is 5.15. The Morgan fingerprint density at radius 3 is 2.28 bits per heavy atom. The summed E-state index contributed by atoms with van der Waals surface area (Å²) in [6.45, 7) is 12.8. The van der Waals surface area contributed by atoms with E-state index in [1.165, 1.54) is 70.6 Å². The second-order valence-corrected chi connectivity index (χ2v) is 15.4. The van der Waals surface area contributed by atoms with E-state index in [1.54, 1.807) is 19.8 Å². The van der Waals surface area contributed by atoms with Crippen molar-refractivity contribution in [2.45, 2.75) is 124 Å². The zero-order valence-corrected chi connectivity index (χ0v) is 24.7. The van der Waals surface area contributed by atoms with Crippen molar-refractivity contribution < 1.29 is 9.84 Å². The quantitative estimate of drug-likeness (QED) is 0.368. The minimum Gasteiger partial charge on any atom is -0.393 e. The molecular formula is C34H56O2. The highest BCUT2D eigenvalue weighted by Gasteiger charge is 2.64. The molecule has 5 fully saturated rings. The van der Waals surface area contributed by atoms with Gasteiger partial charge in [-0.05, 0) is 122 Å². The highest BCUT2D eigenvalue weighted by molar-refractivity contribution is 5.32. The summed E-state index contributed by atoms with van der Waals surface area (Å²) >= 11 is 0. The number of allylic oxidation sites excluding steroid dienone is 4. The van der Waals surface area contributed by atoms with Gasteiger partial charge in [0.2, 0.25) is 0 Å². The molecule has 1 N–H and O–H groups in total. The van der Waals surface area contributed by atoms with E-state index in [4.69, 9.17) is 0 Å². The van der Waals surface area contributed by atoms with E-state index in [-0.39, 0.29) is 16.9 Å². The molecule has 5 saturated carbocycles. The first kappa shape index (κ1) is 27.0. The Morgan fingerprint density at radius 2 is 1.61 bits per heavy atom. The molecule has 0 aliphatic heterocycles. The number of ether oxygens (including phenoxy) is 1. The fourth-order valence-electron chi connectivity index (χ4n) is 11.6. The predicted molar refractivity (Wildman–Crippen MR) is 151 cm³/mol. The van der Waals surface area contributed by atoms with E-state index in [0.717, 1.165) is 42.4 Å². The van der Waals surface area contributed by atoms with Crippen LogP contribution < -0.4 is 0 Å². The van der Waals surface area contributed by atoms with Gasteiger partial charge in [-0.2, -0.15) is 0 Å². The summed E-state index contributed by atoms with van der Waals surface area (Å²) in [6, 6.07) is 0. The third-order valence-electron chi connectivity index (χ3n) is 12.8. The van der Waals surface area contributed by atoms with Crippen molar-refractivity contribution in [2.75, 3.05) is 14.2 Å². The van der Waals surface area contributed by atoms with Crippen molar-refractivity contribution >= 4 is 0 Å². The smallest absolute Gasteiger partial charge is 0.0550 e. The zero-order chi connectivity index (χ0) is 25.9. The molecule has 0 heterocycles. The molecule has 0 aromatic rings. The second kappa shape index (κ2) is 9.55. The minimum absolute atomic E-state index is 0.111. The van der Waals surface area contributed by atoms with Crippen molar-refractivity contribution in [3.63, 3.8) is 0 Å². The van der Waals surface area contributed by atoms with E-state index >= 15 is 0 Å². The van der Waals surface area contributed by atoms with Gasteiger partial charge in [-0.1, -0.05) is 70.8 Å². The number of hydrogen-bond donors (Lipinski definition) is 1. The van der Waals surface area contributed by atoms with Gasteiger partial charge < -0.3 is 9.84 Å². The van der Waals surface area contributed by atoms with Gasteiger partial charge in [0.1, 0.15) is 0 Å². The molecule has 2 heteroatoms. The summed E-state index contributed by atoms with van der Waals surface area (Å²) in [5, 5.41) is 11.0. The molecule has 0 aromatic carbocycles. The van der Waals surface area contributed by atoms with Gasteiger partial charge in [0.25, 0.3) is 0 Å². The summed E-state index contributed by atoms with van der Waals surface area (Å²) < 4.78 is 4.25. The molecule has 0 saturated heterocycles. The lowest BCUT2D eigenvalue weighted by atomic mass is 9.37. The molecule has 9 atom stereocenters. The third-order valence-corrected chi connectivity index (χ3v) is 12.8. The molecule has 36 heavy (non-hydrogen) atoms. The molecule has 0 spiro atoms. The van der Waals surface area contributed by atoms with Crippen LogP contribution in [0.4, 0.5) is 0 Å². The highest BCUT2D eigenvalue weighted by Crippen LogP contribution is 2.72. The van der Waals surface area contributed by atoms with Crippen molar-refractivity contribution in [2.24, 2.45) is 51.2 Å². The van der Waals surface area contributed by atoms with E-state index < -0.39 is 0 Å². The van der Waals surface area contributed by atoms with Crippen LogP contribution in [-0.2, 0) is 4.74 Å². The molecule has 6 rings (SSSR count). The maximum Gasteiger partial charge on any atom is 0.0550 e. The summed E-state index contributed by atoms with van der Waals surface area (Å²) in [5.74, 6) is 3.93. The Hall–Kier alpha value is -0.600. The first-order valence-electron chi connectivity index (χ1n) is 15.5. The van der Waals surface area contributed by atoms with Crippen LogP contribution in [-0.4, -0.2) is 25.4 Å². The highest BCUT2D eigenvalue weighted by atomic mass is 16.4. The molecular weight excluding hydrogens is 440 g/mol. The number of methoxy groups -OCH3 is 1. The van der Waals surface area contributed by atoms with Crippen molar-refractivity contribution in [1.82, 2.24) is 0 Å². The Balaban J connectivity index is 0.000000848. The summed E-state index contributed by atoms with van der Waals surface area (Å²) in [6.07, 6.45) is 23.0. The number of aliphatic hydroxyl groups is 1. The second-order valence-electron chi connectivity index (χ2n) is 15.4. The molecule has 0 bridgehead atoms. The number of rotatable bonds is 1. The number of aliphatic hydroxyl groups excluding tert-OH is 1. The van der Waals surface area contributed by atoms with E-state index in [2.05, 4.69) is 51.5 Å². The Morgan fingerprint density at radius 1 is 0.889 bits per heavy atom. The summed E-state index contributed by atoms with van der Waals surface area (Å²) in [7, 11) is 3.25. The van der Waals surface area contributed by atoms with E-state index in [9.17, 15) is 5.11 Å². The fraction of sp³-hybridized carbons (Fsp3) is 0.882. The topological polar surface area (TPSA) is 29.5 Å². The molecule has 204 valence electrons. The first-order valence-corrected chi connectivity index (χ1v) is 15.5. The maximum atomic E-state index is 11.0. The van der Waals surface area contributed by atoms with Gasteiger partial charge >= 0.3 is 0 Å². The van der Waals surface area contributed by atoms with Crippen molar-refractivity contribution in [3.8, 4) is 0 Å². The number of fused-ring (bicyclic) bond motifs is 7. The standard InChI is InChI=1S/C32H50O.C2H6O/c1-21-8-7-15-32(18-22-9-6-10-22)17-13-25-24(28(21)32)11-12-27-30(25,4)16-14-26-29(2,3)19-23(33)20-31(26,27)5;1-3-2/h11,18,21,23,25-28,33H,6-10,12-17,19-20H2,1-5H3;1-2H3/t21?,23-,25?,26?,27?,28?,30?,31?,32?;/m0./s1. The average molecular weight is 497 g/mol. The van der Waals surface area contributed by atoms with Crippen molar-refractivity contribution in [1.29, 1.82) is 0 Å². The van der Waals surface area contributed by atoms with Crippen LogP contribution in [0.2, 0.25) is 0 Å². The van der Waals surface area contributed by atoms with Crippen molar-refractivity contribution in [3.05, 3.63) is 23.3 Å². The lowest BCUT2D eigenvalue weighted by molar-refractivity contribution is -0.177. The molecule has 0 aromatic heterocycles. The SMILES string of the molecule is CC1CCCC2(C=C3CCC3)CCC3C(=CCC4C3(C)CCC3C(C)(C)C[C@H](O)CC34C)C12.COC. The summed E-state index contributed by atoms with van der Waals surface area (Å²) in [4.78, 5) is 0. The van der Waals surface area contributed by atoms with E-state index in [0.29, 0.717) is 10.8 Å². The minimum atomic E-state index is -0.111. The van der Waals surface area contributed by atoms with Gasteiger partial charge in [0.15, 0.2) is 0 Å². The van der Waals surface area contributed by atoms with Gasteiger partial charge in [0, 0.05) is 14.2 Å². The fourth-order valence-corrected chi connectivity index (χ4v) is 11.6. The maximum absolute atomic E-state index is 11.0. The normalized spacial score (nSPS) is 49.0. The van der Waals surface area contributed by atoms with Crippen LogP contribution in [0, 0.1) is 51.2 Å². The molecule has 8 unspecified atom stereocenters. The van der Waals surface area contributed by atoms with Gasteiger partial charge in [0.05, 0.1) is 6.10 Å². The van der Waals surface area contributed by atoms with Crippen LogP contribution in [0.15, 0.2) is 23.3 Å². The molecule has 2 nitrogen and oxygen atoms in total. The molecule has 0 amide bonds. The van der Waals surface area contributed by atoms with Gasteiger partial charge in [-0.25, -0.2) is 0 Å². The largest absolute Gasteiger partial charge is 0.393 e. The Kier molecular flexibility index (Phi) is 7.16. The van der Waals surface area contributed by atoms with Gasteiger partial charge in [-0.15, -0.1) is 0 Å². The number of hydrogen-bond acceptors (Lipinski definition) is 2. The lowest BCUT2D eigenvalue weighted by Crippen LogP contribution is -2.61. The Labute approximate surface area is 222 Å². The third kappa shape index (κ3) is 4.11.